The van der Waals surface area contributed by atoms with Crippen molar-refractivity contribution in [3.63, 3.8) is 0 Å². The lowest BCUT2D eigenvalue weighted by Crippen LogP contribution is -2.29. The fourth-order valence-electron chi connectivity index (χ4n) is 3.75. The molecule has 21 heavy (non-hydrogen) atoms. The molecule has 2 N–H and O–H groups in total. The maximum absolute atomic E-state index is 10.3. The van der Waals surface area contributed by atoms with Crippen LogP contribution in [-0.4, -0.2) is 11.1 Å². The number of aryl methyl sites for hydroxylation is 1. The number of aromatic hydroxyl groups is 1. The zero-order valence-corrected chi connectivity index (χ0v) is 14.2. The zero-order chi connectivity index (χ0) is 15.6. The highest BCUT2D eigenvalue weighted by molar-refractivity contribution is 5.50. The number of benzene rings is 1. The van der Waals surface area contributed by atoms with Gasteiger partial charge in [0.1, 0.15) is 5.75 Å². The van der Waals surface area contributed by atoms with Crippen LogP contribution in [0.25, 0.3) is 0 Å². The Hall–Kier alpha value is -1.02. The fraction of sp³-hybridized carbons (Fsp3) is 0.684. The van der Waals surface area contributed by atoms with Crippen LogP contribution in [0, 0.1) is 12.8 Å². The highest BCUT2D eigenvalue weighted by atomic mass is 16.3. The minimum absolute atomic E-state index is 0.309. The fourth-order valence-corrected chi connectivity index (χ4v) is 3.75. The normalized spacial score (nSPS) is 22.6. The van der Waals surface area contributed by atoms with Crippen molar-refractivity contribution < 1.29 is 5.11 Å². The van der Waals surface area contributed by atoms with Gasteiger partial charge in [0.25, 0.3) is 0 Å². The van der Waals surface area contributed by atoms with Gasteiger partial charge >= 0.3 is 0 Å². The van der Waals surface area contributed by atoms with Gasteiger partial charge in [-0.15, -0.1) is 0 Å². The molecule has 2 nitrogen and oxygen atoms in total. The van der Waals surface area contributed by atoms with Gasteiger partial charge in [0, 0.05) is 17.6 Å². The van der Waals surface area contributed by atoms with Gasteiger partial charge in [-0.25, -0.2) is 0 Å². The van der Waals surface area contributed by atoms with Crippen LogP contribution in [0.3, 0.4) is 0 Å². The maximum atomic E-state index is 10.3. The van der Waals surface area contributed by atoms with Crippen molar-refractivity contribution in [1.29, 1.82) is 0 Å². The molecule has 0 spiro atoms. The average molecular weight is 289 g/mol. The first-order valence-electron chi connectivity index (χ1n) is 8.48. The molecule has 2 rings (SSSR count). The molecule has 0 bridgehead atoms. The van der Waals surface area contributed by atoms with E-state index in [4.69, 9.17) is 0 Å². The molecule has 0 aliphatic heterocycles. The van der Waals surface area contributed by atoms with Gasteiger partial charge < -0.3 is 10.4 Å². The molecule has 118 valence electrons. The van der Waals surface area contributed by atoms with Gasteiger partial charge in [-0.3, -0.25) is 0 Å². The lowest BCUT2D eigenvalue weighted by molar-refractivity contribution is 0.390. The summed E-state index contributed by atoms with van der Waals surface area (Å²) in [6, 6.07) is 4.71. The second kappa shape index (κ2) is 6.83. The summed E-state index contributed by atoms with van der Waals surface area (Å²) >= 11 is 0. The number of phenolic OH excluding ortho intramolecular Hbond substituents is 1. The van der Waals surface area contributed by atoms with E-state index in [1.807, 2.05) is 12.1 Å². The van der Waals surface area contributed by atoms with E-state index in [0.29, 0.717) is 23.8 Å². The van der Waals surface area contributed by atoms with E-state index in [0.717, 1.165) is 17.9 Å². The number of rotatable bonds is 6. The molecule has 1 aromatic carbocycles. The molecule has 0 radical (unpaired) electrons. The van der Waals surface area contributed by atoms with Crippen molar-refractivity contribution in [2.45, 2.75) is 78.3 Å². The molecule has 1 aliphatic rings. The Kier molecular flexibility index (Phi) is 5.32. The molecule has 1 aliphatic carbocycles. The number of hydrogen-bond donors (Lipinski definition) is 2. The predicted molar refractivity (Wildman–Crippen MR) is 89.9 cm³/mol. The van der Waals surface area contributed by atoms with Crippen LogP contribution >= 0.6 is 0 Å². The van der Waals surface area contributed by atoms with E-state index < -0.39 is 0 Å². The Balaban J connectivity index is 2.03. The Morgan fingerprint density at radius 1 is 1.19 bits per heavy atom. The molecular formula is C19H31NO. The first kappa shape index (κ1) is 16.4. The van der Waals surface area contributed by atoms with Crippen molar-refractivity contribution in [3.8, 4) is 5.75 Å². The topological polar surface area (TPSA) is 32.3 Å². The third-order valence-electron chi connectivity index (χ3n) is 4.82. The third-order valence-corrected chi connectivity index (χ3v) is 4.82. The van der Waals surface area contributed by atoms with Crippen LogP contribution in [0.2, 0.25) is 0 Å². The van der Waals surface area contributed by atoms with Crippen molar-refractivity contribution in [1.82, 2.24) is 5.32 Å². The summed E-state index contributed by atoms with van der Waals surface area (Å²) in [5, 5.41) is 14.0. The van der Waals surface area contributed by atoms with Crippen LogP contribution in [0.15, 0.2) is 12.1 Å². The van der Waals surface area contributed by atoms with Crippen molar-refractivity contribution >= 4 is 0 Å². The summed E-state index contributed by atoms with van der Waals surface area (Å²) < 4.78 is 0. The van der Waals surface area contributed by atoms with E-state index in [2.05, 4.69) is 39.9 Å². The Morgan fingerprint density at radius 3 is 2.57 bits per heavy atom. The molecule has 0 saturated heterocycles. The monoisotopic (exact) mass is 289 g/mol. The van der Waals surface area contributed by atoms with Crippen LogP contribution in [0.1, 0.15) is 82.0 Å². The Labute approximate surface area is 130 Å². The highest BCUT2D eigenvalue weighted by Gasteiger charge is 2.32. The molecular weight excluding hydrogens is 258 g/mol. The standard InChI is InChI=1S/C19H31NO/c1-12(2)7-6-8-15(5)20-16-11-14(4)18-13(3)9-10-17(21)19(16)18/h9-10,12,14-16,20-21H,6-8,11H2,1-5H3. The van der Waals surface area contributed by atoms with E-state index in [1.54, 1.807) is 0 Å². The minimum Gasteiger partial charge on any atom is -0.508 e. The van der Waals surface area contributed by atoms with E-state index in [9.17, 15) is 5.11 Å². The number of nitrogens with one attached hydrogen (secondary N) is 1. The Bertz CT molecular complexity index is 481. The van der Waals surface area contributed by atoms with Gasteiger partial charge in [-0.1, -0.05) is 39.7 Å². The summed E-state index contributed by atoms with van der Waals surface area (Å²) in [5.74, 6) is 1.79. The molecule has 0 amide bonds. The molecule has 0 heterocycles. The van der Waals surface area contributed by atoms with Gasteiger partial charge in [-0.2, -0.15) is 0 Å². The lowest BCUT2D eigenvalue weighted by Gasteiger charge is -2.21. The number of fused-ring (bicyclic) bond motifs is 1. The first-order valence-corrected chi connectivity index (χ1v) is 8.48. The zero-order valence-electron chi connectivity index (χ0n) is 14.2. The number of phenols is 1. The largest absolute Gasteiger partial charge is 0.508 e. The summed E-state index contributed by atoms with van der Waals surface area (Å²) in [7, 11) is 0. The first-order chi connectivity index (χ1) is 9.90. The molecule has 0 aromatic heterocycles. The van der Waals surface area contributed by atoms with E-state index in [1.165, 1.54) is 30.4 Å². The van der Waals surface area contributed by atoms with Crippen molar-refractivity contribution in [3.05, 3.63) is 28.8 Å². The SMILES string of the molecule is Cc1ccc(O)c2c1C(C)CC2NC(C)CCCC(C)C. The van der Waals surface area contributed by atoms with Crippen LogP contribution < -0.4 is 5.32 Å². The average Bonchev–Trinajstić information content (AvgIpc) is 2.71. The molecule has 1 aromatic rings. The summed E-state index contributed by atoms with van der Waals surface area (Å²) in [5.41, 5.74) is 3.83. The van der Waals surface area contributed by atoms with Crippen LogP contribution in [-0.2, 0) is 0 Å². The van der Waals surface area contributed by atoms with Gasteiger partial charge in [-0.05, 0) is 55.7 Å². The van der Waals surface area contributed by atoms with Crippen LogP contribution in [0.5, 0.6) is 5.75 Å². The molecule has 0 saturated carbocycles. The lowest BCUT2D eigenvalue weighted by atomic mass is 9.97. The van der Waals surface area contributed by atoms with Gasteiger partial charge in [0.2, 0.25) is 0 Å². The molecule has 2 heteroatoms. The quantitative estimate of drug-likeness (QED) is 0.767. The van der Waals surface area contributed by atoms with Gasteiger partial charge in [0.05, 0.1) is 0 Å². The minimum atomic E-state index is 0.309. The summed E-state index contributed by atoms with van der Waals surface area (Å²) in [6.45, 7) is 11.3. The molecule has 3 unspecified atom stereocenters. The number of hydrogen-bond acceptors (Lipinski definition) is 2. The van der Waals surface area contributed by atoms with Crippen LogP contribution in [0.4, 0.5) is 0 Å². The smallest absolute Gasteiger partial charge is 0.120 e. The second-order valence-electron chi connectivity index (χ2n) is 7.31. The van der Waals surface area contributed by atoms with E-state index in [-0.39, 0.29) is 0 Å². The van der Waals surface area contributed by atoms with E-state index >= 15 is 0 Å². The van der Waals surface area contributed by atoms with Gasteiger partial charge in [0.15, 0.2) is 0 Å². The van der Waals surface area contributed by atoms with Crippen molar-refractivity contribution in [2.75, 3.05) is 0 Å². The summed E-state index contributed by atoms with van der Waals surface area (Å²) in [6.07, 6.45) is 4.89. The summed E-state index contributed by atoms with van der Waals surface area (Å²) in [4.78, 5) is 0. The molecule has 3 atom stereocenters. The Morgan fingerprint density at radius 2 is 1.90 bits per heavy atom. The molecule has 0 fully saturated rings. The highest BCUT2D eigenvalue weighted by Crippen LogP contribution is 2.46. The predicted octanol–water partition coefficient (Wildman–Crippen LogP) is 5.05. The maximum Gasteiger partial charge on any atom is 0.120 e. The third kappa shape index (κ3) is 3.79. The van der Waals surface area contributed by atoms with Crippen molar-refractivity contribution in [2.24, 2.45) is 5.92 Å². The second-order valence-corrected chi connectivity index (χ2v) is 7.31.